The summed E-state index contributed by atoms with van der Waals surface area (Å²) in [5, 5.41) is 2.75. The van der Waals surface area contributed by atoms with Crippen LogP contribution in [-0.4, -0.2) is 43.0 Å². The van der Waals surface area contributed by atoms with Crippen LogP contribution in [0.3, 0.4) is 0 Å². The summed E-state index contributed by atoms with van der Waals surface area (Å²) >= 11 is 0. The van der Waals surface area contributed by atoms with Gasteiger partial charge >= 0.3 is 6.18 Å². The number of para-hydroxylation sites is 1. The van der Waals surface area contributed by atoms with E-state index in [0.717, 1.165) is 19.4 Å². The monoisotopic (exact) mass is 410 g/mol. The van der Waals surface area contributed by atoms with E-state index in [9.17, 15) is 18.0 Å². The third kappa shape index (κ3) is 6.63. The summed E-state index contributed by atoms with van der Waals surface area (Å²) in [6.45, 7) is -0.137. The molecule has 2 heterocycles. The number of amides is 1. The second-order valence-electron chi connectivity index (χ2n) is 6.53. The zero-order valence-corrected chi connectivity index (χ0v) is 15.6. The molecule has 1 amide bonds. The number of hydrogen-bond acceptors (Lipinski definition) is 5. The Morgan fingerprint density at radius 1 is 1.21 bits per heavy atom. The maximum Gasteiger partial charge on any atom is 0.422 e. The number of aromatic nitrogens is 1. The molecule has 3 rings (SSSR count). The van der Waals surface area contributed by atoms with Gasteiger partial charge in [0.05, 0.1) is 11.7 Å². The molecule has 1 fully saturated rings. The molecule has 1 saturated heterocycles. The Morgan fingerprint density at radius 3 is 2.72 bits per heavy atom. The van der Waals surface area contributed by atoms with E-state index in [1.807, 2.05) is 0 Å². The van der Waals surface area contributed by atoms with Crippen LogP contribution in [0.2, 0.25) is 0 Å². The Kier molecular flexibility index (Phi) is 6.92. The minimum atomic E-state index is -4.42. The number of hydrogen-bond donors (Lipinski definition) is 1. The average molecular weight is 410 g/mol. The molecule has 0 saturated carbocycles. The fourth-order valence-corrected chi connectivity index (χ4v) is 2.77. The van der Waals surface area contributed by atoms with Gasteiger partial charge in [-0.2, -0.15) is 13.2 Å². The molecule has 1 atom stereocenters. The molecule has 2 aromatic rings. The molecule has 0 aliphatic carbocycles. The van der Waals surface area contributed by atoms with Gasteiger partial charge in [-0.1, -0.05) is 18.2 Å². The van der Waals surface area contributed by atoms with Crippen LogP contribution in [0.1, 0.15) is 28.8 Å². The van der Waals surface area contributed by atoms with Crippen molar-refractivity contribution in [2.75, 3.05) is 19.8 Å². The van der Waals surface area contributed by atoms with Gasteiger partial charge in [0.15, 0.2) is 6.61 Å². The number of nitrogens with one attached hydrogen (secondary N) is 1. The first kappa shape index (κ1) is 20.9. The third-order valence-corrected chi connectivity index (χ3v) is 4.21. The van der Waals surface area contributed by atoms with E-state index in [1.165, 1.54) is 12.3 Å². The summed E-state index contributed by atoms with van der Waals surface area (Å²) in [4.78, 5) is 16.3. The largest absolute Gasteiger partial charge is 0.490 e. The number of ether oxygens (including phenoxy) is 3. The van der Waals surface area contributed by atoms with Crippen LogP contribution in [0.5, 0.6) is 11.6 Å². The van der Waals surface area contributed by atoms with Crippen LogP contribution in [0, 0.1) is 0 Å². The Balaban J connectivity index is 1.52. The lowest BCUT2D eigenvalue weighted by Crippen LogP contribution is -2.24. The van der Waals surface area contributed by atoms with Gasteiger partial charge in [0.1, 0.15) is 12.4 Å². The number of nitrogens with zero attached hydrogens (tertiary/aromatic N) is 1. The van der Waals surface area contributed by atoms with E-state index in [-0.39, 0.29) is 24.4 Å². The number of carbonyl (C=O) groups excluding carboxylic acids is 1. The average Bonchev–Trinajstić information content (AvgIpc) is 3.23. The van der Waals surface area contributed by atoms with Crippen molar-refractivity contribution >= 4 is 5.91 Å². The fraction of sp³-hybridized carbons (Fsp3) is 0.400. The second-order valence-corrected chi connectivity index (χ2v) is 6.53. The summed E-state index contributed by atoms with van der Waals surface area (Å²) < 4.78 is 52.3. The Labute approximate surface area is 166 Å². The zero-order valence-electron chi connectivity index (χ0n) is 15.6. The predicted octanol–water partition coefficient (Wildman–Crippen LogP) is 3.51. The molecule has 1 aromatic carbocycles. The number of halogens is 3. The van der Waals surface area contributed by atoms with Crippen LogP contribution in [0.15, 0.2) is 42.6 Å². The first-order chi connectivity index (χ1) is 13.9. The minimum absolute atomic E-state index is 0.0373. The molecule has 1 unspecified atom stereocenters. The van der Waals surface area contributed by atoms with Crippen molar-refractivity contribution in [2.24, 2.45) is 0 Å². The number of alkyl halides is 3. The maximum absolute atomic E-state index is 12.5. The number of rotatable bonds is 8. The van der Waals surface area contributed by atoms with Gasteiger partial charge in [0.25, 0.3) is 5.91 Å². The highest BCUT2D eigenvalue weighted by Gasteiger charge is 2.28. The lowest BCUT2D eigenvalue weighted by Gasteiger charge is -2.14. The minimum Gasteiger partial charge on any atom is -0.490 e. The fourth-order valence-electron chi connectivity index (χ4n) is 2.77. The summed E-state index contributed by atoms with van der Waals surface area (Å²) in [7, 11) is 0. The SMILES string of the molecule is O=C(NCc1ccc(OCC(F)(F)F)nc1)c1ccccc1OCC1CCCO1. The van der Waals surface area contributed by atoms with E-state index >= 15 is 0 Å². The Morgan fingerprint density at radius 2 is 2.03 bits per heavy atom. The van der Waals surface area contributed by atoms with Gasteiger partial charge < -0.3 is 19.5 Å². The van der Waals surface area contributed by atoms with Gasteiger partial charge in [-0.3, -0.25) is 4.79 Å². The van der Waals surface area contributed by atoms with E-state index in [4.69, 9.17) is 9.47 Å². The van der Waals surface area contributed by atoms with E-state index in [2.05, 4.69) is 15.0 Å². The van der Waals surface area contributed by atoms with E-state index in [0.29, 0.717) is 23.5 Å². The van der Waals surface area contributed by atoms with Crippen molar-refractivity contribution in [2.45, 2.75) is 31.7 Å². The zero-order chi connectivity index (χ0) is 20.7. The highest BCUT2D eigenvalue weighted by Crippen LogP contribution is 2.21. The molecule has 6 nitrogen and oxygen atoms in total. The molecule has 1 aromatic heterocycles. The molecule has 1 aliphatic rings. The highest BCUT2D eigenvalue weighted by atomic mass is 19.4. The summed E-state index contributed by atoms with van der Waals surface area (Å²) in [5.41, 5.74) is 1.01. The standard InChI is InChI=1S/C20H21F3N2O4/c21-20(22,23)13-29-18-8-7-14(10-24-18)11-25-19(26)16-5-1-2-6-17(16)28-12-15-4-3-9-27-15/h1-2,5-8,10,15H,3-4,9,11-13H2,(H,25,26). The van der Waals surface area contributed by atoms with Crippen LogP contribution in [0.4, 0.5) is 13.2 Å². The van der Waals surface area contributed by atoms with Crippen molar-refractivity contribution in [3.63, 3.8) is 0 Å². The maximum atomic E-state index is 12.5. The summed E-state index contributed by atoms with van der Waals surface area (Å²) in [6.07, 6.45) is -1.09. The quantitative estimate of drug-likeness (QED) is 0.721. The molecule has 29 heavy (non-hydrogen) atoms. The lowest BCUT2D eigenvalue weighted by molar-refractivity contribution is -0.154. The van der Waals surface area contributed by atoms with E-state index in [1.54, 1.807) is 30.3 Å². The van der Waals surface area contributed by atoms with Crippen molar-refractivity contribution in [1.29, 1.82) is 0 Å². The lowest BCUT2D eigenvalue weighted by atomic mass is 10.1. The van der Waals surface area contributed by atoms with Gasteiger partial charge in [0, 0.05) is 25.4 Å². The van der Waals surface area contributed by atoms with Gasteiger partial charge in [-0.25, -0.2) is 4.98 Å². The topological polar surface area (TPSA) is 69.7 Å². The second kappa shape index (κ2) is 9.60. The molecule has 0 radical (unpaired) electrons. The molecule has 156 valence electrons. The molecule has 1 N–H and O–H groups in total. The first-order valence-corrected chi connectivity index (χ1v) is 9.17. The molecular weight excluding hydrogens is 389 g/mol. The number of carbonyl (C=O) groups is 1. The van der Waals surface area contributed by atoms with E-state index < -0.39 is 12.8 Å². The smallest absolute Gasteiger partial charge is 0.422 e. The Bertz CT molecular complexity index is 806. The molecular formula is C20H21F3N2O4. The van der Waals surface area contributed by atoms with Gasteiger partial charge in [-0.15, -0.1) is 0 Å². The predicted molar refractivity (Wildman–Crippen MR) is 97.9 cm³/mol. The molecule has 0 spiro atoms. The normalized spacial score (nSPS) is 16.4. The summed E-state index contributed by atoms with van der Waals surface area (Å²) in [5.74, 6) is 0.00476. The van der Waals surface area contributed by atoms with Crippen LogP contribution < -0.4 is 14.8 Å². The molecule has 1 aliphatic heterocycles. The van der Waals surface area contributed by atoms with Crippen molar-refractivity contribution in [3.8, 4) is 11.6 Å². The van der Waals surface area contributed by atoms with Crippen molar-refractivity contribution < 1.29 is 32.2 Å². The van der Waals surface area contributed by atoms with Gasteiger partial charge in [-0.05, 0) is 30.5 Å². The first-order valence-electron chi connectivity index (χ1n) is 9.17. The Hall–Kier alpha value is -2.81. The van der Waals surface area contributed by atoms with Crippen molar-refractivity contribution in [1.82, 2.24) is 10.3 Å². The highest BCUT2D eigenvalue weighted by molar-refractivity contribution is 5.96. The van der Waals surface area contributed by atoms with Crippen LogP contribution >= 0.6 is 0 Å². The number of benzene rings is 1. The number of pyridine rings is 1. The molecule has 0 bridgehead atoms. The molecule has 9 heteroatoms. The van der Waals surface area contributed by atoms with Crippen molar-refractivity contribution in [3.05, 3.63) is 53.7 Å². The third-order valence-electron chi connectivity index (χ3n) is 4.21. The summed E-state index contributed by atoms with van der Waals surface area (Å²) in [6, 6.07) is 9.77. The van der Waals surface area contributed by atoms with Crippen LogP contribution in [-0.2, 0) is 11.3 Å². The van der Waals surface area contributed by atoms with Gasteiger partial charge in [0.2, 0.25) is 5.88 Å². The van der Waals surface area contributed by atoms with Crippen LogP contribution in [0.25, 0.3) is 0 Å².